The Morgan fingerprint density at radius 3 is 2.83 bits per heavy atom. The molecule has 0 bridgehead atoms. The number of hydrogen-bond acceptors (Lipinski definition) is 4. The predicted octanol–water partition coefficient (Wildman–Crippen LogP) is 2.14. The monoisotopic (exact) mass is 325 g/mol. The summed E-state index contributed by atoms with van der Waals surface area (Å²) in [5.74, 6) is 1.44. The van der Waals surface area contributed by atoms with Crippen molar-refractivity contribution in [2.75, 3.05) is 18.0 Å². The average molecular weight is 325 g/mol. The molecule has 1 fully saturated rings. The summed E-state index contributed by atoms with van der Waals surface area (Å²) in [7, 11) is 0. The summed E-state index contributed by atoms with van der Waals surface area (Å²) in [6.45, 7) is 3.47. The van der Waals surface area contributed by atoms with Gasteiger partial charge in [0.1, 0.15) is 5.82 Å². The molecule has 4 rings (SSSR count). The third-order valence-electron chi connectivity index (χ3n) is 4.92. The van der Waals surface area contributed by atoms with E-state index in [2.05, 4.69) is 24.8 Å². The van der Waals surface area contributed by atoms with Gasteiger partial charge in [0.2, 0.25) is 0 Å². The summed E-state index contributed by atoms with van der Waals surface area (Å²) >= 11 is 0. The molecule has 24 heavy (non-hydrogen) atoms. The van der Waals surface area contributed by atoms with Crippen LogP contribution in [-0.2, 0) is 19.5 Å². The highest BCUT2D eigenvalue weighted by molar-refractivity contribution is 5.91. The maximum absolute atomic E-state index is 12.6. The molecule has 2 aromatic rings. The maximum Gasteiger partial charge on any atom is 0.287 e. The Morgan fingerprint density at radius 2 is 1.96 bits per heavy atom. The lowest BCUT2D eigenvalue weighted by molar-refractivity contribution is 0.0935. The zero-order valence-corrected chi connectivity index (χ0v) is 13.9. The van der Waals surface area contributed by atoms with E-state index < -0.39 is 0 Å². The van der Waals surface area contributed by atoms with E-state index in [4.69, 9.17) is 0 Å². The Hall–Kier alpha value is -2.37. The van der Waals surface area contributed by atoms with Crippen LogP contribution in [0, 0.1) is 0 Å². The SMILES string of the molecule is O=C(NCc1cccnc1N1CCCC1)c1ncc2n1CCCC2. The fourth-order valence-electron chi connectivity index (χ4n) is 3.65. The molecule has 0 unspecified atom stereocenters. The van der Waals surface area contributed by atoms with Crippen LogP contribution in [0.3, 0.4) is 0 Å². The lowest BCUT2D eigenvalue weighted by atomic mass is 10.1. The summed E-state index contributed by atoms with van der Waals surface area (Å²) in [5.41, 5.74) is 2.24. The highest BCUT2D eigenvalue weighted by Crippen LogP contribution is 2.22. The molecule has 4 heterocycles. The predicted molar refractivity (Wildman–Crippen MR) is 92.0 cm³/mol. The van der Waals surface area contributed by atoms with Crippen molar-refractivity contribution >= 4 is 11.7 Å². The first-order chi connectivity index (χ1) is 11.8. The lowest BCUT2D eigenvalue weighted by Crippen LogP contribution is -2.29. The van der Waals surface area contributed by atoms with Crippen LogP contribution in [0.4, 0.5) is 5.82 Å². The normalized spacial score (nSPS) is 16.9. The molecular formula is C18H23N5O. The number of amides is 1. The average Bonchev–Trinajstić information content (AvgIpc) is 3.29. The summed E-state index contributed by atoms with van der Waals surface area (Å²) in [5, 5.41) is 3.03. The Morgan fingerprint density at radius 1 is 1.12 bits per heavy atom. The molecule has 0 aromatic carbocycles. The molecule has 2 aromatic heterocycles. The third kappa shape index (κ3) is 2.88. The molecule has 1 saturated heterocycles. The van der Waals surface area contributed by atoms with Crippen LogP contribution in [0.25, 0.3) is 0 Å². The zero-order valence-electron chi connectivity index (χ0n) is 13.9. The summed E-state index contributed by atoms with van der Waals surface area (Å²) in [4.78, 5) is 23.7. The van der Waals surface area contributed by atoms with Gasteiger partial charge in [-0.05, 0) is 38.2 Å². The van der Waals surface area contributed by atoms with Crippen LogP contribution in [0.15, 0.2) is 24.5 Å². The number of aryl methyl sites for hydroxylation is 1. The highest BCUT2D eigenvalue weighted by Gasteiger charge is 2.20. The third-order valence-corrected chi connectivity index (χ3v) is 4.92. The number of fused-ring (bicyclic) bond motifs is 1. The molecule has 0 radical (unpaired) electrons. The number of nitrogens with one attached hydrogen (secondary N) is 1. The fourth-order valence-corrected chi connectivity index (χ4v) is 3.65. The second kappa shape index (κ2) is 6.63. The molecule has 6 heteroatoms. The smallest absolute Gasteiger partial charge is 0.287 e. The minimum atomic E-state index is -0.0978. The van der Waals surface area contributed by atoms with Crippen LogP contribution in [0.2, 0.25) is 0 Å². The van der Waals surface area contributed by atoms with Crippen molar-refractivity contribution in [2.24, 2.45) is 0 Å². The molecule has 0 spiro atoms. The molecule has 2 aliphatic heterocycles. The van der Waals surface area contributed by atoms with Gasteiger partial charge in [0, 0.05) is 49.8 Å². The minimum absolute atomic E-state index is 0.0978. The van der Waals surface area contributed by atoms with Crippen LogP contribution < -0.4 is 10.2 Å². The summed E-state index contributed by atoms with van der Waals surface area (Å²) in [6, 6.07) is 3.97. The van der Waals surface area contributed by atoms with E-state index in [1.165, 1.54) is 25.0 Å². The van der Waals surface area contributed by atoms with Crippen molar-refractivity contribution in [3.05, 3.63) is 41.6 Å². The van der Waals surface area contributed by atoms with Gasteiger partial charge in [-0.2, -0.15) is 0 Å². The Balaban J connectivity index is 1.47. The minimum Gasteiger partial charge on any atom is -0.356 e. The van der Waals surface area contributed by atoms with E-state index >= 15 is 0 Å². The van der Waals surface area contributed by atoms with Gasteiger partial charge in [0.05, 0.1) is 0 Å². The first-order valence-corrected chi connectivity index (χ1v) is 8.84. The van der Waals surface area contributed by atoms with E-state index in [0.717, 1.165) is 43.9 Å². The molecule has 2 aliphatic rings. The number of hydrogen-bond donors (Lipinski definition) is 1. The zero-order chi connectivity index (χ0) is 16.4. The molecule has 126 valence electrons. The molecule has 0 aliphatic carbocycles. The number of anilines is 1. The number of nitrogens with zero attached hydrogens (tertiary/aromatic N) is 4. The van der Waals surface area contributed by atoms with Gasteiger partial charge in [0.15, 0.2) is 5.82 Å². The van der Waals surface area contributed by atoms with Gasteiger partial charge < -0.3 is 14.8 Å². The van der Waals surface area contributed by atoms with Gasteiger partial charge in [0.25, 0.3) is 5.91 Å². The van der Waals surface area contributed by atoms with E-state index in [9.17, 15) is 4.79 Å². The molecule has 0 atom stereocenters. The van der Waals surface area contributed by atoms with Crippen molar-refractivity contribution in [3.63, 3.8) is 0 Å². The van der Waals surface area contributed by atoms with Crippen molar-refractivity contribution in [1.29, 1.82) is 0 Å². The van der Waals surface area contributed by atoms with Gasteiger partial charge >= 0.3 is 0 Å². The fraction of sp³-hybridized carbons (Fsp3) is 0.500. The topological polar surface area (TPSA) is 63.1 Å². The van der Waals surface area contributed by atoms with Gasteiger partial charge in [-0.1, -0.05) is 6.07 Å². The van der Waals surface area contributed by atoms with Gasteiger partial charge in [-0.15, -0.1) is 0 Å². The van der Waals surface area contributed by atoms with E-state index in [0.29, 0.717) is 12.4 Å². The standard InChI is InChI=1S/C18H23N5O/c24-18(17-20-13-15-7-1-2-11-23(15)17)21-12-14-6-5-8-19-16(14)22-9-3-4-10-22/h5-6,8,13H,1-4,7,9-12H2,(H,21,24). The molecule has 1 N–H and O–H groups in total. The van der Waals surface area contributed by atoms with Crippen LogP contribution in [0.1, 0.15) is 47.6 Å². The largest absolute Gasteiger partial charge is 0.356 e. The van der Waals surface area contributed by atoms with Crippen LogP contribution in [-0.4, -0.2) is 33.5 Å². The molecular weight excluding hydrogens is 302 g/mol. The van der Waals surface area contributed by atoms with Crippen LogP contribution >= 0.6 is 0 Å². The van der Waals surface area contributed by atoms with Gasteiger partial charge in [-0.25, -0.2) is 9.97 Å². The number of aromatic nitrogens is 3. The number of carbonyl (C=O) groups excluding carboxylic acids is 1. The number of carbonyl (C=O) groups is 1. The Kier molecular flexibility index (Phi) is 4.19. The van der Waals surface area contributed by atoms with E-state index in [1.807, 2.05) is 24.5 Å². The second-order valence-electron chi connectivity index (χ2n) is 6.54. The first kappa shape index (κ1) is 15.2. The lowest BCUT2D eigenvalue weighted by Gasteiger charge is -2.20. The van der Waals surface area contributed by atoms with E-state index in [-0.39, 0.29) is 5.91 Å². The van der Waals surface area contributed by atoms with Crippen molar-refractivity contribution < 1.29 is 4.79 Å². The van der Waals surface area contributed by atoms with Crippen molar-refractivity contribution in [3.8, 4) is 0 Å². The van der Waals surface area contributed by atoms with Gasteiger partial charge in [-0.3, -0.25) is 4.79 Å². The van der Waals surface area contributed by atoms with Crippen molar-refractivity contribution in [2.45, 2.75) is 45.2 Å². The summed E-state index contributed by atoms with van der Waals surface area (Å²) < 4.78 is 2.06. The number of pyridine rings is 1. The Labute approximate surface area is 141 Å². The number of rotatable bonds is 4. The number of imidazole rings is 1. The molecule has 6 nitrogen and oxygen atoms in total. The van der Waals surface area contributed by atoms with E-state index in [1.54, 1.807) is 0 Å². The molecule has 1 amide bonds. The van der Waals surface area contributed by atoms with Crippen LogP contribution in [0.5, 0.6) is 0 Å². The molecule has 0 saturated carbocycles. The quantitative estimate of drug-likeness (QED) is 0.935. The first-order valence-electron chi connectivity index (χ1n) is 8.84. The van der Waals surface area contributed by atoms with Crippen molar-refractivity contribution in [1.82, 2.24) is 19.9 Å². The maximum atomic E-state index is 12.6. The second-order valence-corrected chi connectivity index (χ2v) is 6.54. The highest BCUT2D eigenvalue weighted by atomic mass is 16.2. The Bertz CT molecular complexity index is 733. The summed E-state index contributed by atoms with van der Waals surface area (Å²) in [6.07, 6.45) is 9.40.